The lowest BCUT2D eigenvalue weighted by Gasteiger charge is -2.23. The standard InChI is InChI=1S/C18H19ClFN3O3S/c1-3-13-7-4-5-10-17(13)23(27(2,25)26)12-18(24)22-21-11-14-15(19)8-6-9-16(14)20/h4-11H,3,12H2,1-2H3,(H,22,24)/b21-11-. The van der Waals surface area contributed by atoms with Gasteiger partial charge in [0.15, 0.2) is 0 Å². The Kier molecular flexibility index (Phi) is 6.92. The minimum atomic E-state index is -3.70. The summed E-state index contributed by atoms with van der Waals surface area (Å²) in [4.78, 5) is 12.2. The van der Waals surface area contributed by atoms with Crippen molar-refractivity contribution < 1.29 is 17.6 Å². The van der Waals surface area contributed by atoms with E-state index in [0.29, 0.717) is 12.1 Å². The summed E-state index contributed by atoms with van der Waals surface area (Å²) in [5, 5.41) is 3.81. The van der Waals surface area contributed by atoms with Crippen LogP contribution in [0.2, 0.25) is 5.02 Å². The van der Waals surface area contributed by atoms with Gasteiger partial charge in [0.05, 0.1) is 23.2 Å². The van der Waals surface area contributed by atoms with Crippen molar-refractivity contribution in [3.05, 3.63) is 64.4 Å². The molecule has 0 atom stereocenters. The van der Waals surface area contributed by atoms with E-state index in [4.69, 9.17) is 11.6 Å². The van der Waals surface area contributed by atoms with Gasteiger partial charge < -0.3 is 0 Å². The molecule has 144 valence electrons. The molecule has 1 N–H and O–H groups in total. The Morgan fingerprint density at radius 1 is 1.26 bits per heavy atom. The number of benzene rings is 2. The molecule has 6 nitrogen and oxygen atoms in total. The van der Waals surface area contributed by atoms with E-state index in [1.54, 1.807) is 24.3 Å². The van der Waals surface area contributed by atoms with Gasteiger partial charge in [0.1, 0.15) is 12.4 Å². The van der Waals surface area contributed by atoms with Crippen LogP contribution in [0, 0.1) is 5.82 Å². The Labute approximate surface area is 162 Å². The summed E-state index contributed by atoms with van der Waals surface area (Å²) >= 11 is 5.87. The van der Waals surface area contributed by atoms with Gasteiger partial charge >= 0.3 is 0 Å². The van der Waals surface area contributed by atoms with Gasteiger partial charge in [-0.2, -0.15) is 5.10 Å². The quantitative estimate of drug-likeness (QED) is 0.562. The number of carbonyl (C=O) groups is 1. The first-order chi connectivity index (χ1) is 12.7. The van der Waals surface area contributed by atoms with Gasteiger partial charge in [0.25, 0.3) is 5.91 Å². The highest BCUT2D eigenvalue weighted by Gasteiger charge is 2.22. The first-order valence-electron chi connectivity index (χ1n) is 8.05. The van der Waals surface area contributed by atoms with Crippen molar-refractivity contribution >= 4 is 39.4 Å². The second-order valence-corrected chi connectivity index (χ2v) is 7.99. The van der Waals surface area contributed by atoms with Crippen LogP contribution in [0.4, 0.5) is 10.1 Å². The van der Waals surface area contributed by atoms with Crippen LogP contribution in [0.15, 0.2) is 47.6 Å². The molecule has 0 aliphatic rings. The fourth-order valence-electron chi connectivity index (χ4n) is 2.40. The van der Waals surface area contributed by atoms with Crippen LogP contribution in [0.5, 0.6) is 0 Å². The van der Waals surface area contributed by atoms with E-state index >= 15 is 0 Å². The molecule has 0 fully saturated rings. The zero-order valence-electron chi connectivity index (χ0n) is 14.8. The van der Waals surface area contributed by atoms with E-state index in [9.17, 15) is 17.6 Å². The SMILES string of the molecule is CCc1ccccc1N(CC(=O)N/N=C\c1c(F)cccc1Cl)S(C)(=O)=O. The molecule has 0 saturated carbocycles. The van der Waals surface area contributed by atoms with Crippen LogP contribution in [-0.2, 0) is 21.2 Å². The van der Waals surface area contributed by atoms with Crippen molar-refractivity contribution in [1.29, 1.82) is 0 Å². The smallest absolute Gasteiger partial charge is 0.260 e. The molecule has 0 unspecified atom stereocenters. The highest BCUT2D eigenvalue weighted by atomic mass is 35.5. The Bertz CT molecular complexity index is 944. The van der Waals surface area contributed by atoms with E-state index < -0.39 is 28.3 Å². The highest BCUT2D eigenvalue weighted by molar-refractivity contribution is 7.92. The maximum absolute atomic E-state index is 13.7. The molecule has 1 amide bonds. The van der Waals surface area contributed by atoms with Gasteiger partial charge in [0, 0.05) is 5.56 Å². The Hall–Kier alpha value is -2.45. The number of hydrazone groups is 1. The Balaban J connectivity index is 2.17. The summed E-state index contributed by atoms with van der Waals surface area (Å²) in [5.41, 5.74) is 3.44. The van der Waals surface area contributed by atoms with Crippen molar-refractivity contribution in [2.75, 3.05) is 17.1 Å². The summed E-state index contributed by atoms with van der Waals surface area (Å²) < 4.78 is 39.0. The van der Waals surface area contributed by atoms with Gasteiger partial charge in [-0.1, -0.05) is 42.8 Å². The number of nitrogens with zero attached hydrogens (tertiary/aromatic N) is 2. The molecule has 0 bridgehead atoms. The van der Waals surface area contributed by atoms with Crippen molar-refractivity contribution in [3.8, 4) is 0 Å². The van der Waals surface area contributed by atoms with Crippen LogP contribution in [0.25, 0.3) is 0 Å². The number of para-hydroxylation sites is 1. The molecule has 0 spiro atoms. The lowest BCUT2D eigenvalue weighted by molar-refractivity contribution is -0.119. The van der Waals surface area contributed by atoms with Crippen LogP contribution in [-0.4, -0.2) is 33.3 Å². The summed E-state index contributed by atoms with van der Waals surface area (Å²) in [6.45, 7) is 1.43. The third-order valence-corrected chi connectivity index (χ3v) is 5.17. The molecule has 2 aromatic carbocycles. The lowest BCUT2D eigenvalue weighted by atomic mass is 10.1. The molecular formula is C18H19ClFN3O3S. The molecule has 0 radical (unpaired) electrons. The number of halogens is 2. The number of hydrogen-bond acceptors (Lipinski definition) is 4. The number of anilines is 1. The van der Waals surface area contributed by atoms with Crippen molar-refractivity contribution in [2.24, 2.45) is 5.10 Å². The van der Waals surface area contributed by atoms with Crippen molar-refractivity contribution in [1.82, 2.24) is 5.43 Å². The van der Waals surface area contributed by atoms with Crippen LogP contribution >= 0.6 is 11.6 Å². The maximum atomic E-state index is 13.7. The largest absolute Gasteiger partial charge is 0.271 e. The zero-order valence-corrected chi connectivity index (χ0v) is 16.4. The topological polar surface area (TPSA) is 78.8 Å². The molecule has 2 aromatic rings. The summed E-state index contributed by atoms with van der Waals surface area (Å²) in [5.74, 6) is -1.26. The molecule has 0 saturated heterocycles. The summed E-state index contributed by atoms with van der Waals surface area (Å²) in [6.07, 6.45) is 2.70. The average molecular weight is 412 g/mol. The third-order valence-electron chi connectivity index (χ3n) is 3.71. The van der Waals surface area contributed by atoms with E-state index in [1.807, 2.05) is 6.92 Å². The van der Waals surface area contributed by atoms with Gasteiger partial charge in [0.2, 0.25) is 10.0 Å². The number of sulfonamides is 1. The third kappa shape index (κ3) is 5.51. The average Bonchev–Trinajstić information content (AvgIpc) is 2.61. The van der Waals surface area contributed by atoms with Gasteiger partial charge in [-0.05, 0) is 30.2 Å². The van der Waals surface area contributed by atoms with Crippen molar-refractivity contribution in [2.45, 2.75) is 13.3 Å². The maximum Gasteiger partial charge on any atom is 0.260 e. The molecule has 2 rings (SSSR count). The van der Waals surface area contributed by atoms with E-state index in [1.165, 1.54) is 18.2 Å². The minimum absolute atomic E-state index is 0.0239. The van der Waals surface area contributed by atoms with E-state index in [2.05, 4.69) is 10.5 Å². The van der Waals surface area contributed by atoms with Gasteiger partial charge in [-0.3, -0.25) is 9.10 Å². The Morgan fingerprint density at radius 3 is 2.59 bits per heavy atom. The molecule has 27 heavy (non-hydrogen) atoms. The van der Waals surface area contributed by atoms with Crippen LogP contribution in [0.3, 0.4) is 0 Å². The van der Waals surface area contributed by atoms with Gasteiger partial charge in [-0.25, -0.2) is 18.2 Å². The van der Waals surface area contributed by atoms with E-state index in [-0.39, 0.29) is 10.6 Å². The highest BCUT2D eigenvalue weighted by Crippen LogP contribution is 2.23. The molecule has 9 heteroatoms. The first-order valence-corrected chi connectivity index (χ1v) is 10.3. The van der Waals surface area contributed by atoms with Crippen LogP contribution < -0.4 is 9.73 Å². The molecule has 0 aliphatic carbocycles. The second kappa shape index (κ2) is 8.96. The molecule has 0 aliphatic heterocycles. The molecular weight excluding hydrogens is 393 g/mol. The molecule has 0 aromatic heterocycles. The predicted octanol–water partition coefficient (Wildman–Crippen LogP) is 2.96. The van der Waals surface area contributed by atoms with Crippen LogP contribution in [0.1, 0.15) is 18.1 Å². The Morgan fingerprint density at radius 2 is 1.96 bits per heavy atom. The fourth-order valence-corrected chi connectivity index (χ4v) is 3.50. The predicted molar refractivity (Wildman–Crippen MR) is 105 cm³/mol. The number of rotatable bonds is 7. The number of carbonyl (C=O) groups excluding carboxylic acids is 1. The number of amides is 1. The fraction of sp³-hybridized carbons (Fsp3) is 0.222. The van der Waals surface area contributed by atoms with Gasteiger partial charge in [-0.15, -0.1) is 0 Å². The summed E-state index contributed by atoms with van der Waals surface area (Å²) in [7, 11) is -3.70. The second-order valence-electron chi connectivity index (χ2n) is 5.68. The lowest BCUT2D eigenvalue weighted by Crippen LogP contribution is -2.39. The minimum Gasteiger partial charge on any atom is -0.271 e. The van der Waals surface area contributed by atoms with E-state index in [0.717, 1.165) is 22.3 Å². The number of hydrogen-bond donors (Lipinski definition) is 1. The number of nitrogens with one attached hydrogen (secondary N) is 1. The summed E-state index contributed by atoms with van der Waals surface area (Å²) in [6, 6.07) is 11.1. The normalized spacial score (nSPS) is 11.6. The molecule has 0 heterocycles. The monoisotopic (exact) mass is 411 g/mol. The first kappa shape index (κ1) is 20.9. The van der Waals surface area contributed by atoms with Crippen molar-refractivity contribution in [3.63, 3.8) is 0 Å². The number of aryl methyl sites for hydroxylation is 1. The zero-order chi connectivity index (χ0) is 20.0.